The Morgan fingerprint density at radius 1 is 0.938 bits per heavy atom. The Kier molecular flexibility index (Phi) is 20.5. The van der Waals surface area contributed by atoms with Crippen molar-refractivity contribution < 1.29 is 41.5 Å². The van der Waals surface area contributed by atoms with Crippen molar-refractivity contribution in [1.82, 2.24) is 14.6 Å². The summed E-state index contributed by atoms with van der Waals surface area (Å²) in [6, 6.07) is 18.0. The van der Waals surface area contributed by atoms with E-state index in [0.717, 1.165) is 31.7 Å². The third-order valence-corrected chi connectivity index (χ3v) is 13.2. The Hall–Kier alpha value is -4.15. The van der Waals surface area contributed by atoms with Crippen LogP contribution in [0.5, 0.6) is 5.75 Å². The van der Waals surface area contributed by atoms with Crippen LogP contribution in [0, 0.1) is 28.5 Å². The van der Waals surface area contributed by atoms with Crippen molar-refractivity contribution in [2.45, 2.75) is 160 Å². The van der Waals surface area contributed by atoms with E-state index in [2.05, 4.69) is 23.1 Å². The van der Waals surface area contributed by atoms with Crippen molar-refractivity contribution >= 4 is 30.8 Å². The Labute approximate surface area is 388 Å². The minimum atomic E-state index is -4.67. The lowest BCUT2D eigenvalue weighted by Crippen LogP contribution is -2.50. The Balaban J connectivity index is 1.27. The zero-order valence-electron chi connectivity index (χ0n) is 38.2. The molecule has 65 heavy (non-hydrogen) atoms. The van der Waals surface area contributed by atoms with Crippen molar-refractivity contribution in [2.75, 3.05) is 26.1 Å². The van der Waals surface area contributed by atoms with Gasteiger partial charge in [0.25, 0.3) is 0 Å². The van der Waals surface area contributed by atoms with Crippen LogP contribution in [0.2, 0.25) is 5.02 Å². The number of hydrogen-bond donors (Lipinski definition) is 1. The highest BCUT2D eigenvalue weighted by molar-refractivity contribution is 7.49. The molecular formula is C48H65ClFN6O8P. The topological polar surface area (TPSA) is 185 Å². The molecule has 1 saturated heterocycles. The summed E-state index contributed by atoms with van der Waals surface area (Å²) in [5.41, 5.74) is 5.79. The number of nitrogens with zero attached hydrogens (tertiary/aromatic N) is 5. The standard InChI is InChI=1S/C48H65ClFN6O8P/c1-5-6-7-8-9-10-11-12-13-14-15-16-17-18-19-22-39(59-31-37-27-36(30-51)28-38(50)29-37)32-60-65(57,64-43-24-21-20-23-40(43)49)61-34-48(33-52,58-4)45-44(62-47(2,3)63-45)41-25-26-42-46(53)54-35-55-56(41)42/h20-21,23-29,35,39,44-45H,5-19,22,31-32,34H2,1-4H3,(H2,53,54,55)/t39-,44+,45+,48?,65?/m1/s1. The molecule has 1 aliphatic rings. The van der Waals surface area contributed by atoms with E-state index < -0.39 is 49.9 Å². The number of hydrogen-bond acceptors (Lipinski definition) is 13. The van der Waals surface area contributed by atoms with Crippen molar-refractivity contribution in [1.29, 1.82) is 10.5 Å². The molecule has 0 aliphatic carbocycles. The lowest BCUT2D eigenvalue weighted by molar-refractivity contribution is -0.171. The number of halogens is 2. The van der Waals surface area contributed by atoms with Crippen molar-refractivity contribution in [3.63, 3.8) is 0 Å². The number of unbranched alkanes of at least 4 members (excludes halogenated alkanes) is 14. The number of fused-ring (bicyclic) bond motifs is 1. The van der Waals surface area contributed by atoms with Gasteiger partial charge in [0, 0.05) is 7.11 Å². The Bertz CT molecular complexity index is 2240. The number of nitrogens with two attached hydrogens (primary N) is 1. The fourth-order valence-electron chi connectivity index (χ4n) is 7.95. The van der Waals surface area contributed by atoms with E-state index in [1.165, 1.54) is 96.2 Å². The van der Waals surface area contributed by atoms with Gasteiger partial charge in [0.05, 0.1) is 41.7 Å². The number of nitrogen functional groups attached to an aromatic ring is 1. The smallest absolute Gasteiger partial charge is 0.402 e. The number of phosphoric acid groups is 1. The van der Waals surface area contributed by atoms with E-state index >= 15 is 0 Å². The van der Waals surface area contributed by atoms with Crippen molar-refractivity contribution in [3.8, 4) is 17.9 Å². The summed E-state index contributed by atoms with van der Waals surface area (Å²) in [5.74, 6) is -1.52. The molecule has 2 unspecified atom stereocenters. The molecule has 2 aromatic carbocycles. The molecular weight excluding hydrogens is 874 g/mol. The number of rotatable bonds is 30. The van der Waals surface area contributed by atoms with Gasteiger partial charge in [-0.15, -0.1) is 0 Å². The summed E-state index contributed by atoms with van der Waals surface area (Å²) in [6.45, 7) is 4.64. The first kappa shape index (κ1) is 51.8. The fraction of sp³-hybridized carbons (Fsp3) is 0.583. The average Bonchev–Trinajstić information content (AvgIpc) is 3.88. The Morgan fingerprint density at radius 2 is 1.60 bits per heavy atom. The fourth-order valence-corrected chi connectivity index (χ4v) is 9.46. The molecule has 2 aromatic heterocycles. The number of ether oxygens (including phenoxy) is 4. The van der Waals surface area contributed by atoms with E-state index in [9.17, 15) is 19.5 Å². The average molecular weight is 940 g/mol. The van der Waals surface area contributed by atoms with Crippen LogP contribution in [0.1, 0.15) is 146 Å². The van der Waals surface area contributed by atoms with E-state index in [-0.39, 0.29) is 35.4 Å². The number of methoxy groups -OCH3 is 1. The summed E-state index contributed by atoms with van der Waals surface area (Å²) >= 11 is 6.47. The van der Waals surface area contributed by atoms with Gasteiger partial charge in [-0.1, -0.05) is 127 Å². The lowest BCUT2D eigenvalue weighted by atomic mass is 9.93. The first-order valence-corrected chi connectivity index (χ1v) is 24.7. The van der Waals surface area contributed by atoms with Crippen LogP contribution in [0.3, 0.4) is 0 Å². The molecule has 3 heterocycles. The second-order valence-electron chi connectivity index (χ2n) is 17.1. The molecule has 0 amide bonds. The highest BCUT2D eigenvalue weighted by Crippen LogP contribution is 2.53. The van der Waals surface area contributed by atoms with Gasteiger partial charge in [-0.25, -0.2) is 18.5 Å². The van der Waals surface area contributed by atoms with Crippen molar-refractivity contribution in [2.24, 2.45) is 0 Å². The number of benzene rings is 2. The number of nitriles is 2. The van der Waals surface area contributed by atoms with Crippen LogP contribution in [0.4, 0.5) is 10.2 Å². The molecule has 354 valence electrons. The van der Waals surface area contributed by atoms with Crippen LogP contribution in [-0.2, 0) is 39.2 Å². The largest absolute Gasteiger partial charge is 0.530 e. The maximum atomic E-state index is 14.9. The third kappa shape index (κ3) is 15.5. The lowest BCUT2D eigenvalue weighted by Gasteiger charge is -2.33. The van der Waals surface area contributed by atoms with Gasteiger partial charge in [-0.3, -0.25) is 9.05 Å². The van der Waals surface area contributed by atoms with Gasteiger partial charge >= 0.3 is 7.82 Å². The summed E-state index contributed by atoms with van der Waals surface area (Å²) in [5, 5.41) is 24.7. The number of anilines is 1. The van der Waals surface area contributed by atoms with Gasteiger partial charge in [-0.2, -0.15) is 15.6 Å². The van der Waals surface area contributed by atoms with Crippen LogP contribution in [0.15, 0.2) is 60.9 Å². The molecule has 0 spiro atoms. The third-order valence-electron chi connectivity index (χ3n) is 11.5. The highest BCUT2D eigenvalue weighted by Gasteiger charge is 2.56. The van der Waals surface area contributed by atoms with Crippen LogP contribution in [-0.4, -0.2) is 58.5 Å². The molecule has 17 heteroatoms. The van der Waals surface area contributed by atoms with Gasteiger partial charge in [0.2, 0.25) is 5.60 Å². The van der Waals surface area contributed by atoms with E-state index in [1.54, 1.807) is 54.8 Å². The molecule has 2 N–H and O–H groups in total. The summed E-state index contributed by atoms with van der Waals surface area (Å²) in [7, 11) is -3.36. The zero-order chi connectivity index (χ0) is 46.7. The highest BCUT2D eigenvalue weighted by atomic mass is 35.5. The predicted molar refractivity (Wildman–Crippen MR) is 246 cm³/mol. The Morgan fingerprint density at radius 3 is 2.23 bits per heavy atom. The van der Waals surface area contributed by atoms with E-state index in [4.69, 9.17) is 49.9 Å². The molecule has 5 rings (SSSR count). The summed E-state index contributed by atoms with van der Waals surface area (Å²) in [6.07, 6.45) is 17.2. The predicted octanol–water partition coefficient (Wildman–Crippen LogP) is 12.1. The number of para-hydroxylation sites is 1. The molecule has 0 bridgehead atoms. The normalized spacial score (nSPS) is 18.2. The minimum Gasteiger partial charge on any atom is -0.402 e. The monoisotopic (exact) mass is 938 g/mol. The summed E-state index contributed by atoms with van der Waals surface area (Å²) in [4.78, 5) is 4.06. The van der Waals surface area contributed by atoms with Crippen LogP contribution in [0.25, 0.3) is 5.52 Å². The van der Waals surface area contributed by atoms with Crippen LogP contribution >= 0.6 is 19.4 Å². The zero-order valence-corrected chi connectivity index (χ0v) is 39.9. The number of aromatic nitrogens is 3. The van der Waals surface area contributed by atoms with E-state index in [1.807, 2.05) is 6.07 Å². The molecule has 5 atom stereocenters. The number of phosphoric ester groups is 1. The maximum absolute atomic E-state index is 14.9. The molecule has 1 fully saturated rings. The van der Waals surface area contributed by atoms with Crippen LogP contribution < -0.4 is 10.3 Å². The summed E-state index contributed by atoms with van der Waals surface area (Å²) < 4.78 is 73.7. The van der Waals surface area contributed by atoms with Gasteiger partial charge in [0.1, 0.15) is 48.3 Å². The quantitative estimate of drug-likeness (QED) is 0.0385. The first-order chi connectivity index (χ1) is 31.3. The van der Waals surface area contributed by atoms with Crippen molar-refractivity contribution in [3.05, 3.63) is 88.6 Å². The SMILES string of the molecule is CCCCCCCCCCCCCCCCC[C@H](COP(=O)(OCC(C#N)(OC)[C@H]1OC(C)(C)O[C@H]1c1ccc2c(N)ncnn12)Oc1ccccc1Cl)OCc1cc(F)cc(C#N)c1. The second-order valence-corrected chi connectivity index (χ2v) is 19.1. The first-order valence-electron chi connectivity index (χ1n) is 22.9. The molecule has 4 aromatic rings. The second kappa shape index (κ2) is 25.7. The minimum absolute atomic E-state index is 0.0116. The van der Waals surface area contributed by atoms with Gasteiger partial charge in [0.15, 0.2) is 11.6 Å². The molecule has 14 nitrogen and oxygen atoms in total. The van der Waals surface area contributed by atoms with Gasteiger partial charge < -0.3 is 29.2 Å². The molecule has 0 radical (unpaired) electrons. The van der Waals surface area contributed by atoms with Gasteiger partial charge in [-0.05, 0) is 68.3 Å². The maximum Gasteiger partial charge on any atom is 0.530 e. The molecule has 1 aliphatic heterocycles. The molecule has 0 saturated carbocycles. The van der Waals surface area contributed by atoms with E-state index in [0.29, 0.717) is 23.2 Å².